The summed E-state index contributed by atoms with van der Waals surface area (Å²) >= 11 is 0. The number of rotatable bonds is 11. The lowest BCUT2D eigenvalue weighted by Gasteiger charge is -2.29. The molecule has 0 saturated heterocycles. The highest BCUT2D eigenvalue weighted by molar-refractivity contribution is 5.06. The summed E-state index contributed by atoms with van der Waals surface area (Å²) in [5, 5.41) is 12.8. The second-order valence-corrected chi connectivity index (χ2v) is 6.10. The molecule has 0 saturated carbocycles. The molecule has 0 aliphatic rings. The van der Waals surface area contributed by atoms with E-state index >= 15 is 0 Å². The maximum atomic E-state index is 9.37. The molecule has 0 radical (unpaired) electrons. The quantitative estimate of drug-likeness (QED) is 0.578. The van der Waals surface area contributed by atoms with Gasteiger partial charge in [-0.05, 0) is 51.9 Å². The molecule has 0 aliphatic heterocycles. The summed E-state index contributed by atoms with van der Waals surface area (Å²) in [6, 6.07) is 2.79. The molecule has 0 spiro atoms. The van der Waals surface area contributed by atoms with E-state index in [-0.39, 0.29) is 5.54 Å². The third-order valence-electron chi connectivity index (χ3n) is 3.34. The highest BCUT2D eigenvalue weighted by Crippen LogP contribution is 2.17. The maximum Gasteiger partial charge on any atom is 0.106 e. The van der Waals surface area contributed by atoms with Crippen molar-refractivity contribution in [3.8, 4) is 6.07 Å². The van der Waals surface area contributed by atoms with Crippen molar-refractivity contribution >= 4 is 0 Å². The van der Waals surface area contributed by atoms with E-state index in [9.17, 15) is 5.26 Å². The van der Waals surface area contributed by atoms with Gasteiger partial charge in [0.15, 0.2) is 0 Å². The van der Waals surface area contributed by atoms with Crippen LogP contribution in [0.1, 0.15) is 66.7 Å². The summed E-state index contributed by atoms with van der Waals surface area (Å²) in [5.41, 5.74) is -0.380. The molecule has 0 aliphatic carbocycles. The summed E-state index contributed by atoms with van der Waals surface area (Å²) < 4.78 is 5.64. The summed E-state index contributed by atoms with van der Waals surface area (Å²) in [5.74, 6) is 0.755. The van der Waals surface area contributed by atoms with Crippen LogP contribution < -0.4 is 5.32 Å². The molecule has 3 nitrogen and oxygen atoms in total. The van der Waals surface area contributed by atoms with Crippen molar-refractivity contribution in [2.24, 2.45) is 5.92 Å². The number of nitrogens with one attached hydrogen (secondary N) is 1. The van der Waals surface area contributed by atoms with E-state index in [1.165, 1.54) is 6.42 Å². The smallest absolute Gasteiger partial charge is 0.106 e. The first kappa shape index (κ1) is 18.4. The van der Waals surface area contributed by atoms with Crippen LogP contribution in [0.15, 0.2) is 0 Å². The van der Waals surface area contributed by atoms with Crippen LogP contribution in [0.2, 0.25) is 0 Å². The molecule has 0 fully saturated rings. The van der Waals surface area contributed by atoms with Crippen LogP contribution in [-0.4, -0.2) is 24.8 Å². The van der Waals surface area contributed by atoms with Gasteiger partial charge in [0.25, 0.3) is 0 Å². The van der Waals surface area contributed by atoms with Crippen LogP contribution in [0, 0.1) is 17.2 Å². The maximum absolute atomic E-state index is 9.37. The van der Waals surface area contributed by atoms with Crippen LogP contribution in [0.25, 0.3) is 0 Å². The fourth-order valence-corrected chi connectivity index (χ4v) is 2.24. The van der Waals surface area contributed by atoms with Gasteiger partial charge in [0.05, 0.1) is 6.07 Å². The molecule has 0 rings (SSSR count). The Kier molecular flexibility index (Phi) is 9.91. The van der Waals surface area contributed by atoms with Gasteiger partial charge in [0.2, 0.25) is 0 Å². The molecule has 19 heavy (non-hydrogen) atoms. The van der Waals surface area contributed by atoms with Crippen molar-refractivity contribution in [1.82, 2.24) is 5.32 Å². The third kappa shape index (κ3) is 9.02. The third-order valence-corrected chi connectivity index (χ3v) is 3.34. The molecule has 0 heterocycles. The van der Waals surface area contributed by atoms with Gasteiger partial charge in [-0.25, -0.2) is 0 Å². The number of hydrogen-bond acceptors (Lipinski definition) is 3. The molecule has 0 aromatic carbocycles. The zero-order valence-corrected chi connectivity index (χ0v) is 13.5. The van der Waals surface area contributed by atoms with E-state index in [0.29, 0.717) is 6.04 Å². The highest BCUT2D eigenvalue weighted by Gasteiger charge is 2.27. The average molecular weight is 268 g/mol. The van der Waals surface area contributed by atoms with Crippen LogP contribution in [0.3, 0.4) is 0 Å². The van der Waals surface area contributed by atoms with Gasteiger partial charge in [0, 0.05) is 19.3 Å². The average Bonchev–Trinajstić information content (AvgIpc) is 2.35. The first-order valence-electron chi connectivity index (χ1n) is 7.72. The Morgan fingerprint density at radius 3 is 2.26 bits per heavy atom. The van der Waals surface area contributed by atoms with Crippen LogP contribution >= 0.6 is 0 Å². The Morgan fingerprint density at radius 2 is 1.79 bits per heavy atom. The molecular formula is C16H32N2O. The second-order valence-electron chi connectivity index (χ2n) is 6.10. The fourth-order valence-electron chi connectivity index (χ4n) is 2.24. The van der Waals surface area contributed by atoms with Crippen molar-refractivity contribution < 1.29 is 4.74 Å². The Bertz CT molecular complexity index is 258. The van der Waals surface area contributed by atoms with Gasteiger partial charge >= 0.3 is 0 Å². The van der Waals surface area contributed by atoms with Gasteiger partial charge in [-0.15, -0.1) is 0 Å². The number of nitrogens with zero attached hydrogens (tertiary/aromatic N) is 1. The topological polar surface area (TPSA) is 45.0 Å². The fraction of sp³-hybridized carbons (Fsp3) is 0.938. The standard InChI is InChI=1S/C16H32N2O/c1-6-16(13-17,18-15(4)5)10-8-12-19-11-7-9-14(2)3/h14-15,18H,6-12H2,1-5H3. The molecular weight excluding hydrogens is 236 g/mol. The minimum atomic E-state index is -0.380. The molecule has 3 heteroatoms. The summed E-state index contributed by atoms with van der Waals surface area (Å²) in [6.45, 7) is 12.3. The van der Waals surface area contributed by atoms with Crippen LogP contribution in [0.4, 0.5) is 0 Å². The van der Waals surface area contributed by atoms with Gasteiger partial charge < -0.3 is 4.74 Å². The van der Waals surface area contributed by atoms with Gasteiger partial charge in [-0.1, -0.05) is 20.8 Å². The predicted octanol–water partition coefficient (Wildman–Crippen LogP) is 3.89. The highest BCUT2D eigenvalue weighted by atomic mass is 16.5. The zero-order valence-electron chi connectivity index (χ0n) is 13.5. The number of nitriles is 1. The molecule has 0 aromatic heterocycles. The molecule has 1 unspecified atom stereocenters. The van der Waals surface area contributed by atoms with Crippen molar-refractivity contribution in [2.75, 3.05) is 13.2 Å². The van der Waals surface area contributed by atoms with Crippen molar-refractivity contribution in [1.29, 1.82) is 5.26 Å². The predicted molar refractivity (Wildman–Crippen MR) is 81.0 cm³/mol. The lowest BCUT2D eigenvalue weighted by Crippen LogP contribution is -2.47. The minimum absolute atomic E-state index is 0.339. The van der Waals surface area contributed by atoms with E-state index in [1.807, 2.05) is 0 Å². The zero-order chi connectivity index (χ0) is 14.7. The van der Waals surface area contributed by atoms with E-state index in [0.717, 1.165) is 44.8 Å². The largest absolute Gasteiger partial charge is 0.381 e. The van der Waals surface area contributed by atoms with E-state index in [4.69, 9.17) is 4.74 Å². The summed E-state index contributed by atoms with van der Waals surface area (Å²) in [6.07, 6.45) is 5.02. The Labute approximate surface area is 119 Å². The molecule has 1 atom stereocenters. The molecule has 0 bridgehead atoms. The molecule has 0 amide bonds. The van der Waals surface area contributed by atoms with Crippen molar-refractivity contribution in [2.45, 2.75) is 78.3 Å². The number of hydrogen-bond donors (Lipinski definition) is 1. The van der Waals surface area contributed by atoms with Crippen LogP contribution in [0.5, 0.6) is 0 Å². The molecule has 112 valence electrons. The van der Waals surface area contributed by atoms with Gasteiger partial charge in [-0.3, -0.25) is 5.32 Å². The first-order chi connectivity index (χ1) is 8.95. The van der Waals surface area contributed by atoms with E-state index < -0.39 is 0 Å². The second kappa shape index (κ2) is 10.2. The van der Waals surface area contributed by atoms with E-state index in [1.54, 1.807) is 0 Å². The molecule has 1 N–H and O–H groups in total. The SMILES string of the molecule is CCC(C#N)(CCCOCCCC(C)C)NC(C)C. The summed E-state index contributed by atoms with van der Waals surface area (Å²) in [7, 11) is 0. The monoisotopic (exact) mass is 268 g/mol. The van der Waals surface area contributed by atoms with E-state index in [2.05, 4.69) is 46.0 Å². The van der Waals surface area contributed by atoms with Crippen molar-refractivity contribution in [3.63, 3.8) is 0 Å². The minimum Gasteiger partial charge on any atom is -0.381 e. The van der Waals surface area contributed by atoms with Gasteiger partial charge in [-0.2, -0.15) is 5.26 Å². The first-order valence-corrected chi connectivity index (χ1v) is 7.72. The molecule has 0 aromatic rings. The van der Waals surface area contributed by atoms with Gasteiger partial charge in [0.1, 0.15) is 5.54 Å². The van der Waals surface area contributed by atoms with Crippen molar-refractivity contribution in [3.05, 3.63) is 0 Å². The Balaban J connectivity index is 3.80. The Hall–Kier alpha value is -0.590. The van der Waals surface area contributed by atoms with Crippen LogP contribution in [-0.2, 0) is 4.74 Å². The lowest BCUT2D eigenvalue weighted by molar-refractivity contribution is 0.118. The summed E-state index contributed by atoms with van der Waals surface area (Å²) in [4.78, 5) is 0. The lowest BCUT2D eigenvalue weighted by atomic mass is 9.91. The number of ether oxygens (including phenoxy) is 1. The Morgan fingerprint density at radius 1 is 1.16 bits per heavy atom. The normalized spacial score (nSPS) is 14.6.